The van der Waals surface area contributed by atoms with Crippen LogP contribution in [-0.2, 0) is 25.5 Å². The molecule has 0 heterocycles. The topological polar surface area (TPSA) is 90.6 Å². The van der Waals surface area contributed by atoms with Crippen molar-refractivity contribution in [3.8, 4) is 0 Å². The van der Waals surface area contributed by atoms with Gasteiger partial charge >= 0.3 is 11.9 Å². The predicted octanol–water partition coefficient (Wildman–Crippen LogP) is 4.04. The quantitative estimate of drug-likeness (QED) is 0.498. The second kappa shape index (κ2) is 12.5. The summed E-state index contributed by atoms with van der Waals surface area (Å²) in [7, 11) is 0. The van der Waals surface area contributed by atoms with Gasteiger partial charge in [-0.05, 0) is 44.4 Å². The molecule has 0 saturated heterocycles. The van der Waals surface area contributed by atoms with E-state index in [9.17, 15) is 9.59 Å². The molecule has 2 aromatic rings. The lowest BCUT2D eigenvalue weighted by Crippen LogP contribution is -2.47. The summed E-state index contributed by atoms with van der Waals surface area (Å²) in [5.41, 5.74) is 7.53. The first-order valence-electron chi connectivity index (χ1n) is 11.5. The van der Waals surface area contributed by atoms with Gasteiger partial charge in [-0.2, -0.15) is 0 Å². The first-order chi connectivity index (χ1) is 15.6. The van der Waals surface area contributed by atoms with Crippen molar-refractivity contribution in [3.05, 3.63) is 71.8 Å². The first kappa shape index (κ1) is 26.6. The fourth-order valence-corrected chi connectivity index (χ4v) is 3.51. The second-order valence-corrected chi connectivity index (χ2v) is 9.74. The highest BCUT2D eigenvalue weighted by atomic mass is 16.6. The molecule has 180 valence electrons. The van der Waals surface area contributed by atoms with Crippen molar-refractivity contribution in [2.75, 3.05) is 13.1 Å². The smallest absolute Gasteiger partial charge is 0.315 e. The van der Waals surface area contributed by atoms with E-state index in [-0.39, 0.29) is 6.42 Å². The number of benzene rings is 2. The summed E-state index contributed by atoms with van der Waals surface area (Å²) in [4.78, 5) is 26.2. The number of nitrogens with one attached hydrogen (secondary N) is 1. The Labute approximate surface area is 197 Å². The Hall–Kier alpha value is -2.70. The van der Waals surface area contributed by atoms with Gasteiger partial charge in [0.25, 0.3) is 0 Å². The fourth-order valence-electron chi connectivity index (χ4n) is 3.51. The number of carbonyl (C=O) groups excluding carboxylic acids is 2. The Morgan fingerprint density at radius 2 is 1.52 bits per heavy atom. The largest absolute Gasteiger partial charge is 0.460 e. The molecule has 6 nitrogen and oxygen atoms in total. The lowest BCUT2D eigenvalue weighted by molar-refractivity contribution is -0.170. The number of esters is 2. The van der Waals surface area contributed by atoms with Crippen LogP contribution >= 0.6 is 0 Å². The molecule has 33 heavy (non-hydrogen) atoms. The van der Waals surface area contributed by atoms with Crippen LogP contribution in [0.4, 0.5) is 0 Å². The molecule has 0 saturated carbocycles. The minimum atomic E-state index is -0.869. The fraction of sp³-hybridized carbons (Fsp3) is 0.481. The third-order valence-electron chi connectivity index (χ3n) is 5.02. The van der Waals surface area contributed by atoms with Crippen LogP contribution in [-0.4, -0.2) is 36.7 Å². The van der Waals surface area contributed by atoms with Crippen molar-refractivity contribution in [1.29, 1.82) is 0 Å². The Balaban J connectivity index is 2.32. The molecule has 0 aliphatic carbocycles. The maximum atomic E-state index is 13.3. The molecule has 0 aliphatic rings. The highest BCUT2D eigenvalue weighted by Crippen LogP contribution is 2.28. The summed E-state index contributed by atoms with van der Waals surface area (Å²) in [5.74, 6) is -1.37. The maximum absolute atomic E-state index is 13.3. The summed E-state index contributed by atoms with van der Waals surface area (Å²) in [6, 6.07) is 18.0. The van der Waals surface area contributed by atoms with Crippen LogP contribution in [0, 0.1) is 11.8 Å². The van der Waals surface area contributed by atoms with E-state index in [1.165, 1.54) is 0 Å². The van der Waals surface area contributed by atoms with Crippen LogP contribution in [0.2, 0.25) is 0 Å². The van der Waals surface area contributed by atoms with E-state index in [1.54, 1.807) is 0 Å². The maximum Gasteiger partial charge on any atom is 0.315 e. The van der Waals surface area contributed by atoms with Crippen molar-refractivity contribution < 1.29 is 19.1 Å². The van der Waals surface area contributed by atoms with E-state index in [1.807, 2.05) is 81.4 Å². The van der Waals surface area contributed by atoms with Gasteiger partial charge < -0.3 is 20.5 Å². The van der Waals surface area contributed by atoms with Crippen LogP contribution in [0.25, 0.3) is 0 Å². The van der Waals surface area contributed by atoms with Crippen molar-refractivity contribution in [1.82, 2.24) is 5.32 Å². The number of hydrogen-bond acceptors (Lipinski definition) is 6. The Morgan fingerprint density at radius 1 is 0.939 bits per heavy atom. The average molecular weight is 455 g/mol. The molecule has 0 fully saturated rings. The van der Waals surface area contributed by atoms with Crippen molar-refractivity contribution >= 4 is 11.9 Å². The molecule has 3 unspecified atom stereocenters. The van der Waals surface area contributed by atoms with Gasteiger partial charge in [0, 0.05) is 12.6 Å². The molecule has 0 aliphatic heterocycles. The van der Waals surface area contributed by atoms with E-state index in [4.69, 9.17) is 15.2 Å². The lowest BCUT2D eigenvalue weighted by atomic mass is 9.88. The van der Waals surface area contributed by atoms with Gasteiger partial charge in [-0.3, -0.25) is 9.59 Å². The Morgan fingerprint density at radius 3 is 2.06 bits per heavy atom. The molecule has 2 aromatic carbocycles. The van der Waals surface area contributed by atoms with Gasteiger partial charge in [0.2, 0.25) is 0 Å². The number of nitrogens with two attached hydrogens (primary N) is 1. The van der Waals surface area contributed by atoms with Crippen molar-refractivity contribution in [2.45, 2.75) is 58.8 Å². The van der Waals surface area contributed by atoms with Gasteiger partial charge in [-0.1, -0.05) is 74.5 Å². The number of ether oxygens (including phenoxy) is 2. The zero-order chi connectivity index (χ0) is 24.4. The molecule has 0 radical (unpaired) electrons. The molecule has 2 rings (SSSR count). The zero-order valence-electron chi connectivity index (χ0n) is 20.4. The summed E-state index contributed by atoms with van der Waals surface area (Å²) >= 11 is 0. The summed E-state index contributed by atoms with van der Waals surface area (Å²) in [6.07, 6.45) is -0.673. The number of hydrogen-bond donors (Lipinski definition) is 2. The van der Waals surface area contributed by atoms with Crippen LogP contribution in [0.5, 0.6) is 0 Å². The molecule has 0 spiro atoms. The molecule has 6 heteroatoms. The van der Waals surface area contributed by atoms with Gasteiger partial charge in [-0.15, -0.1) is 0 Å². The third-order valence-corrected chi connectivity index (χ3v) is 5.02. The highest BCUT2D eigenvalue weighted by Gasteiger charge is 2.39. The van der Waals surface area contributed by atoms with E-state index in [0.717, 1.165) is 11.1 Å². The molecule has 0 amide bonds. The van der Waals surface area contributed by atoms with Crippen LogP contribution in [0.1, 0.15) is 51.8 Å². The number of carbonyl (C=O) groups is 2. The zero-order valence-corrected chi connectivity index (χ0v) is 20.4. The molecule has 3 atom stereocenters. The summed E-state index contributed by atoms with van der Waals surface area (Å²) < 4.78 is 11.6. The van der Waals surface area contributed by atoms with Crippen LogP contribution in [0.15, 0.2) is 60.7 Å². The second-order valence-electron chi connectivity index (χ2n) is 9.74. The van der Waals surface area contributed by atoms with Gasteiger partial charge in [-0.25, -0.2) is 0 Å². The Bertz CT molecular complexity index is 863. The van der Waals surface area contributed by atoms with E-state index in [2.05, 4.69) is 19.2 Å². The minimum Gasteiger partial charge on any atom is -0.460 e. The average Bonchev–Trinajstić information content (AvgIpc) is 2.73. The normalized spacial score (nSPS) is 14.4. The first-order valence-corrected chi connectivity index (χ1v) is 11.5. The van der Waals surface area contributed by atoms with E-state index < -0.39 is 35.6 Å². The standard InChI is InChI=1S/C27H38N2O4/c1-19(2)17-29-18-22(32-23(30)16-20-12-8-6-9-13-20)24(26(31)33-27(3,4)5)25(28)21-14-10-7-11-15-21/h6-15,19,22,24-25,29H,16-18,28H2,1-5H3. The number of rotatable bonds is 11. The highest BCUT2D eigenvalue weighted by molar-refractivity contribution is 5.77. The summed E-state index contributed by atoms with van der Waals surface area (Å²) in [6.45, 7) is 10.6. The van der Waals surface area contributed by atoms with Crippen LogP contribution in [0.3, 0.4) is 0 Å². The predicted molar refractivity (Wildman–Crippen MR) is 130 cm³/mol. The van der Waals surface area contributed by atoms with Gasteiger partial charge in [0.15, 0.2) is 0 Å². The van der Waals surface area contributed by atoms with E-state index >= 15 is 0 Å². The monoisotopic (exact) mass is 454 g/mol. The van der Waals surface area contributed by atoms with Gasteiger partial charge in [0.05, 0.1) is 6.42 Å². The van der Waals surface area contributed by atoms with Gasteiger partial charge in [0.1, 0.15) is 17.6 Å². The lowest BCUT2D eigenvalue weighted by Gasteiger charge is -2.33. The molecule has 0 bridgehead atoms. The third kappa shape index (κ3) is 9.36. The molecule has 3 N–H and O–H groups in total. The molecular weight excluding hydrogens is 416 g/mol. The molecule has 0 aromatic heterocycles. The van der Waals surface area contributed by atoms with Crippen molar-refractivity contribution in [2.24, 2.45) is 17.6 Å². The minimum absolute atomic E-state index is 0.114. The summed E-state index contributed by atoms with van der Waals surface area (Å²) in [5, 5.41) is 3.32. The SMILES string of the molecule is CC(C)CNCC(OC(=O)Cc1ccccc1)C(C(=O)OC(C)(C)C)C(N)c1ccccc1. The Kier molecular flexibility index (Phi) is 10.1. The molecular formula is C27H38N2O4. The van der Waals surface area contributed by atoms with E-state index in [0.29, 0.717) is 19.0 Å². The van der Waals surface area contributed by atoms with Crippen molar-refractivity contribution in [3.63, 3.8) is 0 Å². The van der Waals surface area contributed by atoms with Crippen LogP contribution < -0.4 is 11.1 Å².